The first-order valence-corrected chi connectivity index (χ1v) is 6.66. The van der Waals surface area contributed by atoms with Gasteiger partial charge < -0.3 is 10.1 Å². The largest absolute Gasteiger partial charge is 0.379 e. The third kappa shape index (κ3) is 4.47. The second-order valence-corrected chi connectivity index (χ2v) is 4.42. The topological polar surface area (TPSA) is 39.1 Å². The minimum atomic E-state index is 0.535. The van der Waals surface area contributed by atoms with Crippen molar-refractivity contribution >= 4 is 23.2 Å². The van der Waals surface area contributed by atoms with Gasteiger partial charge in [0, 0.05) is 26.0 Å². The first-order chi connectivity index (χ1) is 8.20. The molecule has 0 aliphatic rings. The van der Waals surface area contributed by atoms with Gasteiger partial charge in [-0.15, -0.1) is 11.6 Å². The van der Waals surface area contributed by atoms with Crippen LogP contribution in [-0.4, -0.2) is 35.4 Å². The average Bonchev–Trinajstić information content (AvgIpc) is 2.60. The monoisotopic (exact) mass is 279 g/mol. The Kier molecular flexibility index (Phi) is 6.89. The van der Waals surface area contributed by atoms with Crippen molar-refractivity contribution in [3.8, 4) is 0 Å². The Morgan fingerprint density at radius 1 is 1.41 bits per heavy atom. The average molecular weight is 280 g/mol. The molecular weight excluding hydrogens is 261 g/mol. The van der Waals surface area contributed by atoms with Crippen molar-refractivity contribution in [2.45, 2.75) is 19.9 Å². The van der Waals surface area contributed by atoms with Crippen LogP contribution in [0.1, 0.15) is 18.3 Å². The molecule has 0 aliphatic heterocycles. The standard InChI is InChI=1S/C11H19Cl2N3O/c1-3-9-11(13)10(16(2)15-9)8-14-5-7-17-6-4-12/h14H,3-8H2,1-2H3. The van der Waals surface area contributed by atoms with Crippen LogP contribution in [0.5, 0.6) is 0 Å². The Hall–Kier alpha value is -0.290. The number of ether oxygens (including phenoxy) is 1. The molecule has 0 unspecified atom stereocenters. The molecular formula is C11H19Cl2N3O. The molecule has 0 bridgehead atoms. The van der Waals surface area contributed by atoms with Gasteiger partial charge in [-0.05, 0) is 6.42 Å². The van der Waals surface area contributed by atoms with Gasteiger partial charge in [0.05, 0.1) is 29.6 Å². The molecule has 6 heteroatoms. The summed E-state index contributed by atoms with van der Waals surface area (Å²) < 4.78 is 7.08. The molecule has 1 aromatic rings. The summed E-state index contributed by atoms with van der Waals surface area (Å²) in [4.78, 5) is 0. The first kappa shape index (κ1) is 14.8. The summed E-state index contributed by atoms with van der Waals surface area (Å²) in [5.74, 6) is 0.535. The third-order valence-corrected chi connectivity index (χ3v) is 3.03. The summed E-state index contributed by atoms with van der Waals surface area (Å²) >= 11 is 11.7. The van der Waals surface area contributed by atoms with Crippen molar-refractivity contribution in [3.63, 3.8) is 0 Å². The first-order valence-electron chi connectivity index (χ1n) is 5.75. The van der Waals surface area contributed by atoms with Gasteiger partial charge in [-0.2, -0.15) is 5.10 Å². The minimum Gasteiger partial charge on any atom is -0.379 e. The van der Waals surface area contributed by atoms with Crippen LogP contribution >= 0.6 is 23.2 Å². The van der Waals surface area contributed by atoms with Gasteiger partial charge >= 0.3 is 0 Å². The smallest absolute Gasteiger partial charge is 0.0863 e. The highest BCUT2D eigenvalue weighted by molar-refractivity contribution is 6.31. The van der Waals surface area contributed by atoms with Crippen molar-refractivity contribution in [1.29, 1.82) is 0 Å². The summed E-state index contributed by atoms with van der Waals surface area (Å²) in [5, 5.41) is 8.39. The molecule has 0 saturated carbocycles. The van der Waals surface area contributed by atoms with E-state index in [0.29, 0.717) is 25.6 Å². The number of aromatic nitrogens is 2. The van der Waals surface area contributed by atoms with Gasteiger partial charge in [0.1, 0.15) is 0 Å². The van der Waals surface area contributed by atoms with Crippen LogP contribution in [0, 0.1) is 0 Å². The van der Waals surface area contributed by atoms with Crippen LogP contribution in [0.2, 0.25) is 5.02 Å². The summed E-state index contributed by atoms with van der Waals surface area (Å²) in [6, 6.07) is 0. The lowest BCUT2D eigenvalue weighted by atomic mass is 10.3. The summed E-state index contributed by atoms with van der Waals surface area (Å²) in [6.45, 7) is 4.77. The van der Waals surface area contributed by atoms with E-state index < -0.39 is 0 Å². The molecule has 98 valence electrons. The molecule has 1 heterocycles. The zero-order chi connectivity index (χ0) is 12.7. The second kappa shape index (κ2) is 7.93. The minimum absolute atomic E-state index is 0.535. The molecule has 1 rings (SSSR count). The third-order valence-electron chi connectivity index (χ3n) is 2.44. The molecule has 0 saturated heterocycles. The Morgan fingerprint density at radius 2 is 2.18 bits per heavy atom. The van der Waals surface area contributed by atoms with Gasteiger partial charge in [-0.3, -0.25) is 4.68 Å². The maximum Gasteiger partial charge on any atom is 0.0863 e. The van der Waals surface area contributed by atoms with Gasteiger partial charge in [-0.25, -0.2) is 0 Å². The van der Waals surface area contributed by atoms with Crippen molar-refractivity contribution in [3.05, 3.63) is 16.4 Å². The number of halogens is 2. The predicted octanol–water partition coefficient (Wildman–Crippen LogP) is 1.98. The molecule has 0 aliphatic carbocycles. The zero-order valence-electron chi connectivity index (χ0n) is 10.3. The van der Waals surface area contributed by atoms with Crippen LogP contribution in [0.25, 0.3) is 0 Å². The highest BCUT2D eigenvalue weighted by Gasteiger charge is 2.11. The van der Waals surface area contributed by atoms with E-state index in [1.807, 2.05) is 18.7 Å². The number of hydrogen-bond donors (Lipinski definition) is 1. The van der Waals surface area contributed by atoms with E-state index in [0.717, 1.165) is 29.4 Å². The molecule has 1 aromatic heterocycles. The van der Waals surface area contributed by atoms with E-state index >= 15 is 0 Å². The van der Waals surface area contributed by atoms with E-state index in [2.05, 4.69) is 10.4 Å². The fourth-order valence-electron chi connectivity index (χ4n) is 1.52. The molecule has 0 fully saturated rings. The Balaban J connectivity index is 2.34. The molecule has 0 radical (unpaired) electrons. The van der Waals surface area contributed by atoms with Crippen molar-refractivity contribution in [1.82, 2.24) is 15.1 Å². The number of nitrogens with one attached hydrogen (secondary N) is 1. The normalized spacial score (nSPS) is 11.1. The van der Waals surface area contributed by atoms with E-state index in [4.69, 9.17) is 27.9 Å². The highest BCUT2D eigenvalue weighted by atomic mass is 35.5. The number of alkyl halides is 1. The number of hydrogen-bond acceptors (Lipinski definition) is 3. The van der Waals surface area contributed by atoms with Crippen molar-refractivity contribution < 1.29 is 4.74 Å². The van der Waals surface area contributed by atoms with E-state index in [9.17, 15) is 0 Å². The molecule has 17 heavy (non-hydrogen) atoms. The maximum absolute atomic E-state index is 6.22. The number of rotatable bonds is 8. The van der Waals surface area contributed by atoms with Crippen LogP contribution in [0.4, 0.5) is 0 Å². The van der Waals surface area contributed by atoms with Crippen molar-refractivity contribution in [2.75, 3.05) is 25.6 Å². The number of nitrogens with zero attached hydrogens (tertiary/aromatic N) is 2. The SMILES string of the molecule is CCc1nn(C)c(CNCCOCCCl)c1Cl. The Morgan fingerprint density at radius 3 is 2.76 bits per heavy atom. The van der Waals surface area contributed by atoms with Gasteiger partial charge in [0.25, 0.3) is 0 Å². The van der Waals surface area contributed by atoms with E-state index in [1.54, 1.807) is 0 Å². The summed E-state index contributed by atoms with van der Waals surface area (Å²) in [6.07, 6.45) is 0.853. The van der Waals surface area contributed by atoms with Gasteiger partial charge in [-0.1, -0.05) is 18.5 Å². The quantitative estimate of drug-likeness (QED) is 0.584. The number of aryl methyl sites for hydroxylation is 2. The predicted molar refractivity (Wildman–Crippen MR) is 70.8 cm³/mol. The lowest BCUT2D eigenvalue weighted by molar-refractivity contribution is 0.150. The zero-order valence-corrected chi connectivity index (χ0v) is 11.8. The van der Waals surface area contributed by atoms with Crippen LogP contribution in [0.15, 0.2) is 0 Å². The molecule has 0 aromatic carbocycles. The fraction of sp³-hybridized carbons (Fsp3) is 0.727. The molecule has 4 nitrogen and oxygen atoms in total. The van der Waals surface area contributed by atoms with Gasteiger partial charge in [0.15, 0.2) is 0 Å². The van der Waals surface area contributed by atoms with E-state index in [-0.39, 0.29) is 0 Å². The second-order valence-electron chi connectivity index (χ2n) is 3.66. The highest BCUT2D eigenvalue weighted by Crippen LogP contribution is 2.20. The van der Waals surface area contributed by atoms with Crippen LogP contribution in [-0.2, 0) is 24.8 Å². The Labute approximate surface area is 112 Å². The fourth-order valence-corrected chi connectivity index (χ4v) is 1.99. The van der Waals surface area contributed by atoms with E-state index in [1.165, 1.54) is 0 Å². The molecule has 0 spiro atoms. The lowest BCUT2D eigenvalue weighted by Gasteiger charge is -2.06. The maximum atomic E-state index is 6.22. The summed E-state index contributed by atoms with van der Waals surface area (Å²) in [7, 11) is 1.91. The van der Waals surface area contributed by atoms with Gasteiger partial charge in [0.2, 0.25) is 0 Å². The molecule has 0 amide bonds. The molecule has 1 N–H and O–H groups in total. The van der Waals surface area contributed by atoms with Crippen molar-refractivity contribution in [2.24, 2.45) is 7.05 Å². The van der Waals surface area contributed by atoms with Crippen LogP contribution in [0.3, 0.4) is 0 Å². The molecule has 0 atom stereocenters. The lowest BCUT2D eigenvalue weighted by Crippen LogP contribution is -2.21. The Bertz CT molecular complexity index is 342. The van der Waals surface area contributed by atoms with Crippen LogP contribution < -0.4 is 5.32 Å². The summed E-state index contributed by atoms with van der Waals surface area (Å²) in [5.41, 5.74) is 1.96.